The molecule has 4 heteroatoms. The average molecular weight is 318 g/mol. The van der Waals surface area contributed by atoms with Crippen LogP contribution in [-0.4, -0.2) is 23.8 Å². The molecule has 4 nitrogen and oxygen atoms in total. The summed E-state index contributed by atoms with van der Waals surface area (Å²) in [5.74, 6) is 0. The summed E-state index contributed by atoms with van der Waals surface area (Å²) in [4.78, 5) is 11.8. The van der Waals surface area contributed by atoms with Crippen molar-refractivity contribution < 1.29 is 9.53 Å². The molecular weight excluding hydrogens is 288 g/mol. The molecule has 2 rings (SSSR count). The van der Waals surface area contributed by atoms with Gasteiger partial charge in [-0.3, -0.25) is 0 Å². The summed E-state index contributed by atoms with van der Waals surface area (Å²) in [6.07, 6.45) is 3.80. The first-order valence-corrected chi connectivity index (χ1v) is 8.56. The van der Waals surface area contributed by atoms with E-state index in [4.69, 9.17) is 4.74 Å². The molecule has 1 saturated carbocycles. The summed E-state index contributed by atoms with van der Waals surface area (Å²) in [5.41, 5.74) is 3.39. The first kappa shape index (κ1) is 17.6. The molecule has 0 atom stereocenters. The minimum Gasteiger partial charge on any atom is -0.444 e. The zero-order valence-corrected chi connectivity index (χ0v) is 15.0. The summed E-state index contributed by atoms with van der Waals surface area (Å²) in [5, 5.41) is 6.60. The fourth-order valence-electron chi connectivity index (χ4n) is 2.92. The summed E-state index contributed by atoms with van der Waals surface area (Å²) in [6, 6.07) is 7.22. The van der Waals surface area contributed by atoms with Gasteiger partial charge in [0.25, 0.3) is 0 Å². The number of aryl methyl sites for hydroxylation is 2. The lowest BCUT2D eigenvalue weighted by atomic mass is 9.91. The lowest BCUT2D eigenvalue weighted by Gasteiger charge is -2.31. The Morgan fingerprint density at radius 3 is 2.22 bits per heavy atom. The van der Waals surface area contributed by atoms with E-state index in [1.807, 2.05) is 20.8 Å². The van der Waals surface area contributed by atoms with Gasteiger partial charge >= 0.3 is 6.09 Å². The molecule has 0 saturated heterocycles. The quantitative estimate of drug-likeness (QED) is 0.859. The van der Waals surface area contributed by atoms with Crippen molar-refractivity contribution in [2.24, 2.45) is 0 Å². The normalized spacial score (nSPS) is 21.6. The second-order valence-corrected chi connectivity index (χ2v) is 7.64. The number of alkyl carbamates (subject to hydrolysis) is 1. The van der Waals surface area contributed by atoms with Gasteiger partial charge in [-0.05, 0) is 83.6 Å². The van der Waals surface area contributed by atoms with Crippen molar-refractivity contribution >= 4 is 11.8 Å². The number of nitrogens with one attached hydrogen (secondary N) is 2. The second-order valence-electron chi connectivity index (χ2n) is 7.64. The number of carbonyl (C=O) groups excluding carboxylic acids is 1. The van der Waals surface area contributed by atoms with Crippen molar-refractivity contribution in [1.82, 2.24) is 5.32 Å². The first-order valence-electron chi connectivity index (χ1n) is 8.56. The Labute approximate surface area is 140 Å². The average Bonchev–Trinajstić information content (AvgIpc) is 2.43. The zero-order valence-electron chi connectivity index (χ0n) is 15.0. The minimum absolute atomic E-state index is 0.225. The number of anilines is 1. The molecule has 128 valence electrons. The van der Waals surface area contributed by atoms with Crippen LogP contribution >= 0.6 is 0 Å². The van der Waals surface area contributed by atoms with E-state index in [0.29, 0.717) is 6.04 Å². The molecule has 1 aromatic rings. The van der Waals surface area contributed by atoms with Crippen LogP contribution in [0.25, 0.3) is 0 Å². The van der Waals surface area contributed by atoms with E-state index in [1.54, 1.807) is 0 Å². The third-order valence-corrected chi connectivity index (χ3v) is 4.33. The Morgan fingerprint density at radius 1 is 1.04 bits per heavy atom. The lowest BCUT2D eigenvalue weighted by Crippen LogP contribution is -2.42. The standard InChI is InChI=1S/C19H30N2O2/c1-13-6-7-17(12-14(13)2)20-15-8-10-16(11-9-15)21-18(22)23-19(3,4)5/h6-7,12,15-16,20H,8-11H2,1-5H3,(H,21,22). The van der Waals surface area contributed by atoms with Gasteiger partial charge < -0.3 is 15.4 Å². The SMILES string of the molecule is Cc1ccc(NC2CCC(NC(=O)OC(C)(C)C)CC2)cc1C. The lowest BCUT2D eigenvalue weighted by molar-refractivity contribution is 0.0492. The molecule has 1 aliphatic carbocycles. The Morgan fingerprint density at radius 2 is 1.65 bits per heavy atom. The zero-order chi connectivity index (χ0) is 17.0. The Hall–Kier alpha value is -1.71. The molecule has 0 spiro atoms. The molecule has 2 N–H and O–H groups in total. The van der Waals surface area contributed by atoms with Crippen LogP contribution in [0, 0.1) is 13.8 Å². The summed E-state index contributed by atoms with van der Waals surface area (Å²) in [6.45, 7) is 9.93. The molecule has 0 radical (unpaired) electrons. The number of benzene rings is 1. The predicted molar refractivity (Wildman–Crippen MR) is 95.0 cm³/mol. The molecule has 0 aromatic heterocycles. The Kier molecular flexibility index (Phi) is 5.55. The van der Waals surface area contributed by atoms with E-state index in [2.05, 4.69) is 42.7 Å². The van der Waals surface area contributed by atoms with Crippen LogP contribution in [0.5, 0.6) is 0 Å². The van der Waals surface area contributed by atoms with Crippen LogP contribution in [0.1, 0.15) is 57.6 Å². The summed E-state index contributed by atoms with van der Waals surface area (Å²) in [7, 11) is 0. The largest absolute Gasteiger partial charge is 0.444 e. The highest BCUT2D eigenvalue weighted by molar-refractivity contribution is 5.68. The van der Waals surface area contributed by atoms with Crippen LogP contribution in [0.15, 0.2) is 18.2 Å². The fourth-order valence-corrected chi connectivity index (χ4v) is 2.92. The monoisotopic (exact) mass is 318 g/mol. The number of hydrogen-bond acceptors (Lipinski definition) is 3. The predicted octanol–water partition coefficient (Wildman–Crippen LogP) is 4.55. The first-order chi connectivity index (χ1) is 10.7. The van der Waals surface area contributed by atoms with Gasteiger partial charge in [0.05, 0.1) is 0 Å². The molecule has 1 aromatic carbocycles. The second kappa shape index (κ2) is 7.24. The number of amides is 1. The van der Waals surface area contributed by atoms with Crippen molar-refractivity contribution in [3.63, 3.8) is 0 Å². The van der Waals surface area contributed by atoms with Gasteiger partial charge in [-0.1, -0.05) is 6.07 Å². The maximum Gasteiger partial charge on any atom is 0.407 e. The van der Waals surface area contributed by atoms with Crippen molar-refractivity contribution in [3.05, 3.63) is 29.3 Å². The van der Waals surface area contributed by atoms with E-state index < -0.39 is 5.60 Å². The molecule has 1 fully saturated rings. The van der Waals surface area contributed by atoms with Crippen molar-refractivity contribution in [2.75, 3.05) is 5.32 Å². The van der Waals surface area contributed by atoms with Crippen molar-refractivity contribution in [3.8, 4) is 0 Å². The van der Waals surface area contributed by atoms with Gasteiger partial charge in [-0.15, -0.1) is 0 Å². The molecule has 0 unspecified atom stereocenters. The van der Waals surface area contributed by atoms with E-state index in [-0.39, 0.29) is 12.1 Å². The summed E-state index contributed by atoms with van der Waals surface area (Å²) < 4.78 is 5.32. The Bertz CT molecular complexity index is 541. The molecular formula is C19H30N2O2. The van der Waals surface area contributed by atoms with Gasteiger partial charge in [0.2, 0.25) is 0 Å². The fraction of sp³-hybridized carbons (Fsp3) is 0.632. The van der Waals surface area contributed by atoms with Crippen LogP contribution in [0.3, 0.4) is 0 Å². The van der Waals surface area contributed by atoms with Crippen LogP contribution < -0.4 is 10.6 Å². The molecule has 0 bridgehead atoms. The third kappa shape index (κ3) is 5.77. The molecule has 0 aliphatic heterocycles. The molecule has 1 amide bonds. The van der Waals surface area contributed by atoms with Crippen molar-refractivity contribution in [2.45, 2.75) is 78.0 Å². The smallest absolute Gasteiger partial charge is 0.407 e. The number of rotatable bonds is 3. The van der Waals surface area contributed by atoms with Crippen molar-refractivity contribution in [1.29, 1.82) is 0 Å². The topological polar surface area (TPSA) is 50.4 Å². The highest BCUT2D eigenvalue weighted by atomic mass is 16.6. The Balaban J connectivity index is 1.77. The molecule has 0 heterocycles. The minimum atomic E-state index is -0.438. The van der Waals surface area contributed by atoms with Crippen LogP contribution in [-0.2, 0) is 4.74 Å². The van der Waals surface area contributed by atoms with Crippen LogP contribution in [0.4, 0.5) is 10.5 Å². The van der Waals surface area contributed by atoms with E-state index in [1.165, 1.54) is 16.8 Å². The highest BCUT2D eigenvalue weighted by Gasteiger charge is 2.24. The highest BCUT2D eigenvalue weighted by Crippen LogP contribution is 2.24. The van der Waals surface area contributed by atoms with E-state index in [0.717, 1.165) is 25.7 Å². The van der Waals surface area contributed by atoms with Gasteiger partial charge in [0.1, 0.15) is 5.60 Å². The maximum atomic E-state index is 11.8. The van der Waals surface area contributed by atoms with E-state index >= 15 is 0 Å². The number of carbonyl (C=O) groups is 1. The van der Waals surface area contributed by atoms with Gasteiger partial charge in [-0.2, -0.15) is 0 Å². The van der Waals surface area contributed by atoms with Gasteiger partial charge in [-0.25, -0.2) is 4.79 Å². The molecule has 1 aliphatic rings. The van der Waals surface area contributed by atoms with Gasteiger partial charge in [0.15, 0.2) is 0 Å². The van der Waals surface area contributed by atoms with Gasteiger partial charge in [0, 0.05) is 17.8 Å². The van der Waals surface area contributed by atoms with Crippen LogP contribution in [0.2, 0.25) is 0 Å². The molecule has 23 heavy (non-hydrogen) atoms. The number of hydrogen-bond donors (Lipinski definition) is 2. The maximum absolute atomic E-state index is 11.8. The third-order valence-electron chi connectivity index (χ3n) is 4.33. The number of ether oxygens (including phenoxy) is 1. The summed E-state index contributed by atoms with van der Waals surface area (Å²) >= 11 is 0. The van der Waals surface area contributed by atoms with E-state index in [9.17, 15) is 4.79 Å².